The number of hydrogen-bond acceptors (Lipinski definition) is 4. The second kappa shape index (κ2) is 16.6. The number of H-pyrrole nitrogens is 1. The number of hydrogen-bond donors (Lipinski definition) is 4. The van der Waals surface area contributed by atoms with Crippen molar-refractivity contribution in [1.82, 2.24) is 9.97 Å². The lowest BCUT2D eigenvalue weighted by Gasteiger charge is -2.14. The van der Waals surface area contributed by atoms with Crippen molar-refractivity contribution in [2.75, 3.05) is 11.9 Å². The number of phenolic OH excluding ortho intramolecular Hbond substituents is 1. The van der Waals surface area contributed by atoms with Crippen LogP contribution in [0.25, 0.3) is 22.4 Å². The van der Waals surface area contributed by atoms with Gasteiger partial charge in [-0.05, 0) is 30.7 Å². The standard InChI is InChI=1S/C31H47N3OS/c1-2-3-4-5-6-7-8-9-10-11-12-13-14-15-16-19-24-32-29-25(22-23-28(35)30(29)36)31-33-26-20-17-18-21-27(26)34-31/h17-18,20-23,32,35-36H,2-16,19,24H2,1H3,(H,33,34). The maximum absolute atomic E-state index is 10.2. The lowest BCUT2D eigenvalue weighted by atomic mass is 10.0. The van der Waals surface area contributed by atoms with Crippen LogP contribution < -0.4 is 5.32 Å². The first-order valence-corrected chi connectivity index (χ1v) is 14.9. The molecule has 1 aromatic heterocycles. The van der Waals surface area contributed by atoms with Crippen LogP contribution in [0.5, 0.6) is 5.75 Å². The molecule has 5 heteroatoms. The van der Waals surface area contributed by atoms with Crippen molar-refractivity contribution < 1.29 is 5.11 Å². The zero-order chi connectivity index (χ0) is 25.4. The van der Waals surface area contributed by atoms with Crippen LogP contribution in [-0.4, -0.2) is 21.6 Å². The average Bonchev–Trinajstić information content (AvgIpc) is 3.32. The van der Waals surface area contributed by atoms with Crippen LogP contribution in [0.2, 0.25) is 0 Å². The van der Waals surface area contributed by atoms with Gasteiger partial charge in [0.05, 0.1) is 21.6 Å². The van der Waals surface area contributed by atoms with E-state index in [1.165, 1.54) is 96.3 Å². The summed E-state index contributed by atoms with van der Waals surface area (Å²) in [5.74, 6) is 0.980. The number of nitrogens with one attached hydrogen (secondary N) is 2. The number of fused-ring (bicyclic) bond motifs is 1. The number of thiol groups is 1. The molecule has 4 nitrogen and oxygen atoms in total. The molecule has 0 fully saturated rings. The molecule has 3 N–H and O–H groups in total. The number of para-hydroxylation sites is 2. The molecule has 0 bridgehead atoms. The number of phenols is 1. The molecule has 198 valence electrons. The first-order chi connectivity index (χ1) is 17.7. The first-order valence-electron chi connectivity index (χ1n) is 14.4. The summed E-state index contributed by atoms with van der Waals surface area (Å²) in [6.07, 6.45) is 21.9. The molecular weight excluding hydrogens is 462 g/mol. The number of benzene rings is 2. The second-order valence-corrected chi connectivity index (χ2v) is 10.6. The molecule has 0 aliphatic rings. The number of imidazole rings is 1. The molecule has 1 heterocycles. The van der Waals surface area contributed by atoms with Gasteiger partial charge in [-0.25, -0.2) is 4.98 Å². The van der Waals surface area contributed by atoms with Crippen LogP contribution in [0, 0.1) is 0 Å². The highest BCUT2D eigenvalue weighted by Crippen LogP contribution is 2.38. The summed E-state index contributed by atoms with van der Waals surface area (Å²) in [7, 11) is 0. The Morgan fingerprint density at radius 3 is 1.89 bits per heavy atom. The zero-order valence-corrected chi connectivity index (χ0v) is 23.2. The number of rotatable bonds is 19. The van der Waals surface area contributed by atoms with Crippen LogP contribution in [0.1, 0.15) is 110 Å². The van der Waals surface area contributed by atoms with Crippen molar-refractivity contribution in [3.05, 3.63) is 36.4 Å². The van der Waals surface area contributed by atoms with Crippen LogP contribution in [0.15, 0.2) is 41.3 Å². The third kappa shape index (κ3) is 9.38. The van der Waals surface area contributed by atoms with E-state index in [9.17, 15) is 5.11 Å². The summed E-state index contributed by atoms with van der Waals surface area (Å²) in [6.45, 7) is 3.15. The van der Waals surface area contributed by atoms with Crippen molar-refractivity contribution in [2.45, 2.75) is 115 Å². The molecule has 0 unspecified atom stereocenters. The van der Waals surface area contributed by atoms with E-state index in [0.717, 1.165) is 41.1 Å². The molecule has 3 aromatic rings. The number of unbranched alkanes of at least 4 members (excludes halogenated alkanes) is 15. The lowest BCUT2D eigenvalue weighted by Crippen LogP contribution is -2.04. The predicted octanol–water partition coefficient (Wildman–Crippen LogP) is 9.90. The predicted molar refractivity (Wildman–Crippen MR) is 158 cm³/mol. The SMILES string of the molecule is CCCCCCCCCCCCCCCCCCNc1c(-c2nc3ccccc3[nH]2)ccc(O)c1S. The first kappa shape index (κ1) is 28.4. The van der Waals surface area contributed by atoms with E-state index in [1.807, 2.05) is 30.3 Å². The van der Waals surface area contributed by atoms with Crippen molar-refractivity contribution in [1.29, 1.82) is 0 Å². The van der Waals surface area contributed by atoms with E-state index in [1.54, 1.807) is 6.07 Å². The number of anilines is 1. The Hall–Kier alpha value is -2.14. The van der Waals surface area contributed by atoms with Gasteiger partial charge in [0.1, 0.15) is 11.6 Å². The van der Waals surface area contributed by atoms with E-state index in [4.69, 9.17) is 4.98 Å². The molecule has 0 aliphatic carbocycles. The molecule has 0 saturated carbocycles. The summed E-state index contributed by atoms with van der Waals surface area (Å²) < 4.78 is 0. The quantitative estimate of drug-likeness (QED) is 0.0960. The molecular formula is C31H47N3OS. The minimum absolute atomic E-state index is 0.188. The van der Waals surface area contributed by atoms with Gasteiger partial charge in [-0.3, -0.25) is 0 Å². The van der Waals surface area contributed by atoms with E-state index in [0.29, 0.717) is 4.90 Å². The van der Waals surface area contributed by atoms with Gasteiger partial charge < -0.3 is 15.4 Å². The largest absolute Gasteiger partial charge is 0.507 e. The van der Waals surface area contributed by atoms with E-state index >= 15 is 0 Å². The Bertz CT molecular complexity index is 983. The van der Waals surface area contributed by atoms with Gasteiger partial charge in [-0.1, -0.05) is 115 Å². The highest BCUT2D eigenvalue weighted by Gasteiger charge is 2.15. The number of aromatic amines is 1. The Morgan fingerprint density at radius 2 is 1.31 bits per heavy atom. The van der Waals surface area contributed by atoms with Gasteiger partial charge in [-0.15, -0.1) is 12.6 Å². The fourth-order valence-electron chi connectivity index (χ4n) is 4.92. The fraction of sp³-hybridized carbons (Fsp3) is 0.581. The second-order valence-electron chi connectivity index (χ2n) is 10.2. The van der Waals surface area contributed by atoms with Gasteiger partial charge in [0.15, 0.2) is 0 Å². The van der Waals surface area contributed by atoms with Gasteiger partial charge in [0, 0.05) is 12.1 Å². The van der Waals surface area contributed by atoms with Crippen LogP contribution in [-0.2, 0) is 0 Å². The van der Waals surface area contributed by atoms with Crippen LogP contribution in [0.4, 0.5) is 5.69 Å². The number of nitrogens with zero attached hydrogens (tertiary/aromatic N) is 1. The van der Waals surface area contributed by atoms with E-state index < -0.39 is 0 Å². The third-order valence-corrected chi connectivity index (χ3v) is 7.59. The third-order valence-electron chi connectivity index (χ3n) is 7.13. The fourth-order valence-corrected chi connectivity index (χ4v) is 5.20. The molecule has 0 amide bonds. The zero-order valence-electron chi connectivity index (χ0n) is 22.3. The highest BCUT2D eigenvalue weighted by molar-refractivity contribution is 7.80. The Morgan fingerprint density at radius 1 is 0.750 bits per heavy atom. The van der Waals surface area contributed by atoms with Gasteiger partial charge in [0.2, 0.25) is 0 Å². The van der Waals surface area contributed by atoms with Gasteiger partial charge in [-0.2, -0.15) is 0 Å². The molecule has 2 aromatic carbocycles. The maximum atomic E-state index is 10.2. The molecule has 0 radical (unpaired) electrons. The molecule has 0 spiro atoms. The highest BCUT2D eigenvalue weighted by atomic mass is 32.1. The van der Waals surface area contributed by atoms with Crippen molar-refractivity contribution in [2.24, 2.45) is 0 Å². The molecule has 36 heavy (non-hydrogen) atoms. The van der Waals surface area contributed by atoms with E-state index in [-0.39, 0.29) is 5.75 Å². The van der Waals surface area contributed by atoms with Crippen molar-refractivity contribution >= 4 is 29.3 Å². The van der Waals surface area contributed by atoms with Crippen LogP contribution in [0.3, 0.4) is 0 Å². The minimum atomic E-state index is 0.188. The summed E-state index contributed by atoms with van der Waals surface area (Å²) in [6, 6.07) is 11.6. The van der Waals surface area contributed by atoms with Gasteiger partial charge >= 0.3 is 0 Å². The minimum Gasteiger partial charge on any atom is -0.507 e. The maximum Gasteiger partial charge on any atom is 0.140 e. The average molecular weight is 510 g/mol. The van der Waals surface area contributed by atoms with Crippen LogP contribution >= 0.6 is 12.6 Å². The Balaban J connectivity index is 1.27. The Kier molecular flexibility index (Phi) is 13.1. The summed E-state index contributed by atoms with van der Waals surface area (Å²) in [5, 5.41) is 13.7. The molecule has 0 atom stereocenters. The summed E-state index contributed by atoms with van der Waals surface area (Å²) in [5.41, 5.74) is 3.72. The molecule has 0 saturated heterocycles. The lowest BCUT2D eigenvalue weighted by molar-refractivity contribution is 0.463. The summed E-state index contributed by atoms with van der Waals surface area (Å²) >= 11 is 4.57. The number of aromatic hydroxyl groups is 1. The molecule has 0 aliphatic heterocycles. The Labute approximate surface area is 224 Å². The smallest absolute Gasteiger partial charge is 0.140 e. The van der Waals surface area contributed by atoms with Crippen molar-refractivity contribution in [3.8, 4) is 17.1 Å². The van der Waals surface area contributed by atoms with E-state index in [2.05, 4.69) is 29.9 Å². The normalized spacial score (nSPS) is 11.4. The van der Waals surface area contributed by atoms with Gasteiger partial charge in [0.25, 0.3) is 0 Å². The monoisotopic (exact) mass is 509 g/mol. The topological polar surface area (TPSA) is 60.9 Å². The number of aromatic nitrogens is 2. The molecule has 3 rings (SSSR count). The summed E-state index contributed by atoms with van der Waals surface area (Å²) in [4.78, 5) is 8.69. The van der Waals surface area contributed by atoms with Crippen molar-refractivity contribution in [3.63, 3.8) is 0 Å².